The second-order valence-electron chi connectivity index (χ2n) is 8.15. The lowest BCUT2D eigenvalue weighted by atomic mass is 9.77. The first-order chi connectivity index (χ1) is 14.1. The summed E-state index contributed by atoms with van der Waals surface area (Å²) in [7, 11) is 0. The molecule has 3 N–H and O–H groups in total. The molecule has 0 heterocycles. The molecule has 0 spiro atoms. The van der Waals surface area contributed by atoms with E-state index in [-0.39, 0.29) is 16.7 Å². The molecule has 0 aromatic heterocycles. The molecule has 162 valence electrons. The number of unbranched alkanes of at least 4 members (excludes halogenated alkanes) is 1. The Bertz CT molecular complexity index is 923. The summed E-state index contributed by atoms with van der Waals surface area (Å²) in [5.74, 6) is -2.92. The Balaban J connectivity index is 2.23. The second kappa shape index (κ2) is 9.85. The van der Waals surface area contributed by atoms with Crippen molar-refractivity contribution >= 4 is 17.6 Å². The van der Waals surface area contributed by atoms with Gasteiger partial charge in [-0.05, 0) is 53.1 Å². The maximum Gasteiger partial charge on any atom is 0.335 e. The van der Waals surface area contributed by atoms with Crippen LogP contribution >= 0.6 is 0 Å². The van der Waals surface area contributed by atoms with Crippen molar-refractivity contribution in [3.8, 4) is 0 Å². The molecule has 1 unspecified atom stereocenters. The lowest BCUT2D eigenvalue weighted by molar-refractivity contribution is -0.124. The van der Waals surface area contributed by atoms with Gasteiger partial charge in [0.25, 0.3) is 5.91 Å². The van der Waals surface area contributed by atoms with Crippen LogP contribution in [0.5, 0.6) is 0 Å². The zero-order chi connectivity index (χ0) is 22.5. The van der Waals surface area contributed by atoms with Crippen LogP contribution in [0.3, 0.4) is 0 Å². The normalized spacial score (nSPS) is 12.5. The van der Waals surface area contributed by atoms with Gasteiger partial charge in [-0.25, -0.2) is 9.18 Å². The standard InChI is InChI=1S/C24H30FNO4/c1-5-7-12-24(3,4)18-10-8-16(13-15(18)6-2)21(27)22(28)26-20-11-9-17(23(29)30)14-19(20)25/h8-11,13-14,21,27H,5-7,12H2,1-4H3,(H,26,28)(H,29,30). The molecule has 5 nitrogen and oxygen atoms in total. The fourth-order valence-electron chi connectivity index (χ4n) is 3.59. The molecule has 0 saturated carbocycles. The fourth-order valence-corrected chi connectivity index (χ4v) is 3.59. The van der Waals surface area contributed by atoms with Gasteiger partial charge < -0.3 is 15.5 Å². The minimum atomic E-state index is -1.47. The molecule has 30 heavy (non-hydrogen) atoms. The zero-order valence-corrected chi connectivity index (χ0v) is 18.0. The molecule has 0 bridgehead atoms. The van der Waals surface area contributed by atoms with Crippen LogP contribution in [0.2, 0.25) is 0 Å². The summed E-state index contributed by atoms with van der Waals surface area (Å²) in [5.41, 5.74) is 2.28. The number of rotatable bonds is 9. The van der Waals surface area contributed by atoms with Crippen LogP contribution < -0.4 is 5.32 Å². The third-order valence-corrected chi connectivity index (χ3v) is 5.43. The van der Waals surface area contributed by atoms with Gasteiger partial charge in [0.2, 0.25) is 0 Å². The van der Waals surface area contributed by atoms with E-state index < -0.39 is 23.8 Å². The summed E-state index contributed by atoms with van der Waals surface area (Å²) < 4.78 is 14.1. The molecule has 1 amide bonds. The maximum atomic E-state index is 14.1. The third kappa shape index (κ3) is 5.45. The number of aliphatic hydroxyl groups is 1. The van der Waals surface area contributed by atoms with Gasteiger partial charge in [0, 0.05) is 0 Å². The van der Waals surface area contributed by atoms with Gasteiger partial charge in [0.1, 0.15) is 5.82 Å². The molecule has 0 radical (unpaired) electrons. The highest BCUT2D eigenvalue weighted by molar-refractivity contribution is 5.95. The van der Waals surface area contributed by atoms with Crippen LogP contribution in [-0.4, -0.2) is 22.1 Å². The first-order valence-corrected chi connectivity index (χ1v) is 10.3. The van der Waals surface area contributed by atoms with Crippen molar-refractivity contribution in [1.82, 2.24) is 0 Å². The van der Waals surface area contributed by atoms with E-state index in [2.05, 4.69) is 26.1 Å². The van der Waals surface area contributed by atoms with Gasteiger partial charge in [-0.1, -0.05) is 58.7 Å². The number of hydrogen-bond acceptors (Lipinski definition) is 3. The number of halogens is 1. The Hall–Kier alpha value is -2.73. The maximum absolute atomic E-state index is 14.1. The van der Waals surface area contributed by atoms with Crippen molar-refractivity contribution in [1.29, 1.82) is 0 Å². The van der Waals surface area contributed by atoms with Gasteiger partial charge in [0.15, 0.2) is 6.10 Å². The van der Waals surface area contributed by atoms with Crippen molar-refractivity contribution in [2.45, 2.75) is 64.9 Å². The summed E-state index contributed by atoms with van der Waals surface area (Å²) in [6.45, 7) is 8.59. The highest BCUT2D eigenvalue weighted by atomic mass is 19.1. The van der Waals surface area contributed by atoms with E-state index in [1.54, 1.807) is 6.07 Å². The first-order valence-electron chi connectivity index (χ1n) is 10.3. The van der Waals surface area contributed by atoms with Gasteiger partial charge in [0.05, 0.1) is 11.3 Å². The number of aliphatic hydroxyl groups excluding tert-OH is 1. The van der Waals surface area contributed by atoms with E-state index in [1.165, 1.54) is 17.7 Å². The van der Waals surface area contributed by atoms with E-state index in [4.69, 9.17) is 5.11 Å². The Kier molecular flexibility index (Phi) is 7.73. The number of carbonyl (C=O) groups excluding carboxylic acids is 1. The van der Waals surface area contributed by atoms with Crippen molar-refractivity contribution in [3.63, 3.8) is 0 Å². The molecule has 2 aromatic carbocycles. The van der Waals surface area contributed by atoms with Crippen LogP contribution in [0.15, 0.2) is 36.4 Å². The molecule has 6 heteroatoms. The molecular weight excluding hydrogens is 385 g/mol. The summed E-state index contributed by atoms with van der Waals surface area (Å²) in [6.07, 6.45) is 2.57. The van der Waals surface area contributed by atoms with Gasteiger partial charge in [-0.2, -0.15) is 0 Å². The van der Waals surface area contributed by atoms with Crippen LogP contribution in [0, 0.1) is 5.82 Å². The number of aryl methyl sites for hydroxylation is 1. The van der Waals surface area contributed by atoms with Crippen molar-refractivity contribution in [2.24, 2.45) is 0 Å². The predicted octanol–water partition coefficient (Wildman–Crippen LogP) is 5.23. The largest absolute Gasteiger partial charge is 0.478 e. The highest BCUT2D eigenvalue weighted by Gasteiger charge is 2.25. The number of carboxylic acids is 1. The van der Waals surface area contributed by atoms with Gasteiger partial charge >= 0.3 is 5.97 Å². The Morgan fingerprint density at radius 1 is 1.13 bits per heavy atom. The number of benzene rings is 2. The Morgan fingerprint density at radius 3 is 2.40 bits per heavy atom. The molecule has 0 saturated heterocycles. The van der Waals surface area contributed by atoms with Gasteiger partial charge in [-0.3, -0.25) is 4.79 Å². The lowest BCUT2D eigenvalue weighted by Gasteiger charge is -2.28. The summed E-state index contributed by atoms with van der Waals surface area (Å²) >= 11 is 0. The summed E-state index contributed by atoms with van der Waals surface area (Å²) in [5, 5.41) is 21.7. The summed E-state index contributed by atoms with van der Waals surface area (Å²) in [6, 6.07) is 8.71. The molecule has 0 aliphatic carbocycles. The smallest absolute Gasteiger partial charge is 0.335 e. The number of carboxylic acid groups (broad SMARTS) is 1. The number of amides is 1. The molecule has 0 aliphatic rings. The van der Waals surface area contributed by atoms with Crippen molar-refractivity contribution in [2.75, 3.05) is 5.32 Å². The first kappa shape index (κ1) is 23.5. The van der Waals surface area contributed by atoms with Crippen LogP contribution in [-0.2, 0) is 16.6 Å². The number of aromatic carboxylic acids is 1. The average Bonchev–Trinajstić information content (AvgIpc) is 2.72. The minimum absolute atomic E-state index is 0.0118. The molecular formula is C24H30FNO4. The van der Waals surface area contributed by atoms with Crippen LogP contribution in [0.25, 0.3) is 0 Å². The SMILES string of the molecule is CCCCC(C)(C)c1ccc(C(O)C(=O)Nc2ccc(C(=O)O)cc2F)cc1CC. The molecule has 2 rings (SSSR count). The van der Waals surface area contributed by atoms with Crippen LogP contribution in [0.1, 0.15) is 80.1 Å². The number of nitrogens with one attached hydrogen (secondary N) is 1. The van der Waals surface area contributed by atoms with E-state index in [9.17, 15) is 19.1 Å². The number of carbonyl (C=O) groups is 2. The monoisotopic (exact) mass is 415 g/mol. The average molecular weight is 416 g/mol. The lowest BCUT2D eigenvalue weighted by Crippen LogP contribution is -2.23. The molecule has 0 fully saturated rings. The van der Waals surface area contributed by atoms with E-state index in [0.717, 1.165) is 37.3 Å². The van der Waals surface area contributed by atoms with E-state index in [0.29, 0.717) is 5.56 Å². The number of hydrogen-bond donors (Lipinski definition) is 3. The van der Waals surface area contributed by atoms with E-state index >= 15 is 0 Å². The highest BCUT2D eigenvalue weighted by Crippen LogP contribution is 2.33. The Labute approximate surface area is 176 Å². The fraction of sp³-hybridized carbons (Fsp3) is 0.417. The van der Waals surface area contributed by atoms with Crippen LogP contribution in [0.4, 0.5) is 10.1 Å². The molecule has 0 aliphatic heterocycles. The van der Waals surface area contributed by atoms with Gasteiger partial charge in [-0.15, -0.1) is 0 Å². The number of anilines is 1. The topological polar surface area (TPSA) is 86.6 Å². The Morgan fingerprint density at radius 2 is 1.83 bits per heavy atom. The third-order valence-electron chi connectivity index (χ3n) is 5.43. The van der Waals surface area contributed by atoms with Crippen molar-refractivity contribution < 1.29 is 24.2 Å². The van der Waals surface area contributed by atoms with Crippen molar-refractivity contribution in [3.05, 3.63) is 64.5 Å². The predicted molar refractivity (Wildman–Crippen MR) is 115 cm³/mol. The second-order valence-corrected chi connectivity index (χ2v) is 8.15. The minimum Gasteiger partial charge on any atom is -0.478 e. The van der Waals surface area contributed by atoms with E-state index in [1.807, 2.05) is 19.1 Å². The molecule has 2 aromatic rings. The summed E-state index contributed by atoms with van der Waals surface area (Å²) in [4.78, 5) is 23.4. The zero-order valence-electron chi connectivity index (χ0n) is 18.0. The quantitative estimate of drug-likeness (QED) is 0.524. The molecule has 1 atom stereocenters.